The van der Waals surface area contributed by atoms with Crippen molar-refractivity contribution in [2.45, 2.75) is 6.92 Å². The Morgan fingerprint density at radius 2 is 1.75 bits per heavy atom. The van der Waals surface area contributed by atoms with Gasteiger partial charge in [0.15, 0.2) is 0 Å². The van der Waals surface area contributed by atoms with Gasteiger partial charge in [-0.05, 0) is 31.2 Å². The Morgan fingerprint density at radius 3 is 2.41 bits per heavy atom. The number of rotatable bonds is 7. The number of ether oxygens (including phenoxy) is 1. The molecule has 0 unspecified atom stereocenters. The standard InChI is InChI=1S/C33H29FN4O5S/c1-18-9-11-19(12-10-18)32-31(33(39)35-2)23-15-22(29(17-30(23)43-32)38(3)44(5,40)41)26-13-20(42-4)14-27(37-26)28-16-21-24(34)7-6-8-25(21)36-28/h6-17,36H,1-5H3,(H,35,39). The summed E-state index contributed by atoms with van der Waals surface area (Å²) in [5, 5.41) is 3.57. The molecule has 11 heteroatoms. The fourth-order valence-electron chi connectivity index (χ4n) is 5.19. The first-order valence-corrected chi connectivity index (χ1v) is 15.5. The number of amides is 1. The van der Waals surface area contributed by atoms with E-state index < -0.39 is 10.0 Å². The molecular formula is C33H29FN4O5S. The number of carbonyl (C=O) groups is 1. The van der Waals surface area contributed by atoms with Crippen LogP contribution in [0.5, 0.6) is 5.75 Å². The number of nitrogens with zero attached hydrogens (tertiary/aromatic N) is 2. The number of benzene rings is 3. The maximum absolute atomic E-state index is 14.5. The van der Waals surface area contributed by atoms with Crippen LogP contribution in [0.4, 0.5) is 10.1 Å². The number of aromatic amines is 1. The summed E-state index contributed by atoms with van der Waals surface area (Å²) < 4.78 is 53.1. The van der Waals surface area contributed by atoms with Gasteiger partial charge in [-0.1, -0.05) is 35.9 Å². The zero-order valence-corrected chi connectivity index (χ0v) is 25.5. The number of hydrogen-bond acceptors (Lipinski definition) is 6. The number of nitrogens with one attached hydrogen (secondary N) is 2. The number of carbonyl (C=O) groups excluding carboxylic acids is 1. The highest BCUT2D eigenvalue weighted by atomic mass is 32.2. The second kappa shape index (κ2) is 10.8. The SMILES string of the molecule is CNC(=O)c1c(-c2ccc(C)cc2)oc2cc(N(C)S(C)(=O)=O)c(-c3cc(OC)cc(-c4cc5c(F)cccc5[nH]4)n3)cc12. The summed E-state index contributed by atoms with van der Waals surface area (Å²) in [5.74, 6) is 0.0516. The van der Waals surface area contributed by atoms with Crippen LogP contribution in [0, 0.1) is 12.7 Å². The lowest BCUT2D eigenvalue weighted by Gasteiger charge is -2.21. The number of anilines is 1. The molecule has 0 bridgehead atoms. The molecule has 3 aromatic heterocycles. The third-order valence-electron chi connectivity index (χ3n) is 7.61. The van der Waals surface area contributed by atoms with Crippen LogP contribution in [-0.2, 0) is 10.0 Å². The van der Waals surface area contributed by atoms with E-state index in [0.29, 0.717) is 67.2 Å². The first-order valence-electron chi connectivity index (χ1n) is 13.7. The van der Waals surface area contributed by atoms with Gasteiger partial charge in [0.1, 0.15) is 22.9 Å². The van der Waals surface area contributed by atoms with E-state index in [1.807, 2.05) is 31.2 Å². The topological polar surface area (TPSA) is 118 Å². The van der Waals surface area contributed by atoms with E-state index in [1.54, 1.807) is 42.5 Å². The number of halogens is 1. The zero-order valence-electron chi connectivity index (χ0n) is 24.7. The average molecular weight is 613 g/mol. The monoisotopic (exact) mass is 612 g/mol. The van der Waals surface area contributed by atoms with Crippen LogP contribution in [0.1, 0.15) is 15.9 Å². The fraction of sp³-hybridized carbons (Fsp3) is 0.152. The number of hydrogen-bond donors (Lipinski definition) is 2. The Morgan fingerprint density at radius 1 is 1.02 bits per heavy atom. The molecule has 0 spiro atoms. The smallest absolute Gasteiger partial charge is 0.255 e. The molecule has 0 fully saturated rings. The lowest BCUT2D eigenvalue weighted by atomic mass is 10.00. The lowest BCUT2D eigenvalue weighted by molar-refractivity contribution is 0.0964. The minimum absolute atomic E-state index is 0.280. The van der Waals surface area contributed by atoms with Crippen molar-refractivity contribution in [3.05, 3.63) is 89.7 Å². The third kappa shape index (κ3) is 5.05. The van der Waals surface area contributed by atoms with Gasteiger partial charge in [-0.2, -0.15) is 0 Å². The predicted molar refractivity (Wildman–Crippen MR) is 170 cm³/mol. The summed E-state index contributed by atoms with van der Waals surface area (Å²) in [5.41, 5.74) is 5.01. The van der Waals surface area contributed by atoms with Crippen LogP contribution in [0.25, 0.3) is 55.8 Å². The van der Waals surface area contributed by atoms with Gasteiger partial charge in [-0.3, -0.25) is 9.10 Å². The highest BCUT2D eigenvalue weighted by Gasteiger charge is 2.27. The third-order valence-corrected chi connectivity index (χ3v) is 8.80. The van der Waals surface area contributed by atoms with Crippen LogP contribution in [-0.4, -0.2) is 51.8 Å². The molecule has 0 radical (unpaired) electrons. The molecule has 0 saturated heterocycles. The summed E-state index contributed by atoms with van der Waals surface area (Å²) in [6.07, 6.45) is 1.10. The van der Waals surface area contributed by atoms with Gasteiger partial charge in [-0.25, -0.2) is 17.8 Å². The number of sulfonamides is 1. The summed E-state index contributed by atoms with van der Waals surface area (Å²) in [6, 6.07) is 20.7. The number of pyridine rings is 1. The van der Waals surface area contributed by atoms with Crippen LogP contribution in [0.3, 0.4) is 0 Å². The molecule has 0 atom stereocenters. The van der Waals surface area contributed by atoms with E-state index >= 15 is 0 Å². The Hall–Kier alpha value is -5.16. The van der Waals surface area contributed by atoms with Crippen LogP contribution < -0.4 is 14.4 Å². The van der Waals surface area contributed by atoms with E-state index in [-0.39, 0.29) is 17.4 Å². The molecule has 0 aliphatic heterocycles. The van der Waals surface area contributed by atoms with Crippen LogP contribution in [0.2, 0.25) is 0 Å². The highest BCUT2D eigenvalue weighted by Crippen LogP contribution is 2.42. The quantitative estimate of drug-likeness (QED) is 0.212. The number of furan rings is 1. The summed E-state index contributed by atoms with van der Waals surface area (Å²) in [4.78, 5) is 21.3. The molecule has 0 aliphatic rings. The first kappa shape index (κ1) is 28.9. The molecule has 6 aromatic rings. The van der Waals surface area contributed by atoms with Gasteiger partial charge in [0.05, 0.1) is 41.7 Å². The van der Waals surface area contributed by atoms with Crippen LogP contribution >= 0.6 is 0 Å². The summed E-state index contributed by atoms with van der Waals surface area (Å²) >= 11 is 0. The second-order valence-corrected chi connectivity index (χ2v) is 12.5. The Kier molecular flexibility index (Phi) is 7.13. The maximum atomic E-state index is 14.5. The van der Waals surface area contributed by atoms with Gasteiger partial charge in [0.2, 0.25) is 10.0 Å². The van der Waals surface area contributed by atoms with Gasteiger partial charge < -0.3 is 19.5 Å². The average Bonchev–Trinajstić information content (AvgIpc) is 3.62. The number of aromatic nitrogens is 2. The normalized spacial score (nSPS) is 11.7. The molecule has 6 rings (SSSR count). The van der Waals surface area contributed by atoms with E-state index in [4.69, 9.17) is 14.1 Å². The molecule has 0 aliphatic carbocycles. The van der Waals surface area contributed by atoms with Gasteiger partial charge in [0, 0.05) is 59.7 Å². The van der Waals surface area contributed by atoms with Crippen molar-refractivity contribution in [1.29, 1.82) is 0 Å². The largest absolute Gasteiger partial charge is 0.497 e. The number of methoxy groups -OCH3 is 1. The van der Waals surface area contributed by atoms with E-state index in [9.17, 15) is 17.6 Å². The molecule has 3 aromatic carbocycles. The van der Waals surface area contributed by atoms with Crippen molar-refractivity contribution < 1.29 is 26.8 Å². The molecule has 44 heavy (non-hydrogen) atoms. The Bertz CT molecular complexity index is 2190. The Balaban J connectivity index is 1.65. The molecular weight excluding hydrogens is 583 g/mol. The minimum atomic E-state index is -3.73. The number of H-pyrrole nitrogens is 1. The van der Waals surface area contributed by atoms with Crippen molar-refractivity contribution in [2.75, 3.05) is 31.8 Å². The van der Waals surface area contributed by atoms with Crippen molar-refractivity contribution in [3.63, 3.8) is 0 Å². The number of aryl methyl sites for hydroxylation is 1. The van der Waals surface area contributed by atoms with E-state index in [0.717, 1.165) is 16.1 Å². The van der Waals surface area contributed by atoms with Gasteiger partial charge in [-0.15, -0.1) is 0 Å². The minimum Gasteiger partial charge on any atom is -0.497 e. The van der Waals surface area contributed by atoms with Crippen molar-refractivity contribution in [3.8, 4) is 39.7 Å². The summed E-state index contributed by atoms with van der Waals surface area (Å²) in [7, 11) is 0.746. The van der Waals surface area contributed by atoms with E-state index in [2.05, 4.69) is 10.3 Å². The zero-order chi connectivity index (χ0) is 31.3. The van der Waals surface area contributed by atoms with Crippen LogP contribution in [0.15, 0.2) is 77.2 Å². The maximum Gasteiger partial charge on any atom is 0.255 e. The first-order chi connectivity index (χ1) is 21.0. The molecule has 2 N–H and O–H groups in total. The van der Waals surface area contributed by atoms with Gasteiger partial charge in [0.25, 0.3) is 5.91 Å². The van der Waals surface area contributed by atoms with E-state index in [1.165, 1.54) is 27.3 Å². The summed E-state index contributed by atoms with van der Waals surface area (Å²) in [6.45, 7) is 1.96. The molecule has 1 amide bonds. The van der Waals surface area contributed by atoms with Crippen molar-refractivity contribution >= 4 is 43.5 Å². The van der Waals surface area contributed by atoms with Crippen molar-refractivity contribution in [1.82, 2.24) is 15.3 Å². The molecule has 224 valence electrons. The molecule has 9 nitrogen and oxygen atoms in total. The van der Waals surface area contributed by atoms with Gasteiger partial charge >= 0.3 is 0 Å². The molecule has 3 heterocycles. The molecule has 0 saturated carbocycles. The number of fused-ring (bicyclic) bond motifs is 2. The highest BCUT2D eigenvalue weighted by molar-refractivity contribution is 7.92. The Labute approximate surface area is 253 Å². The predicted octanol–water partition coefficient (Wildman–Crippen LogP) is 6.52. The second-order valence-electron chi connectivity index (χ2n) is 10.5. The van der Waals surface area contributed by atoms with Crippen molar-refractivity contribution in [2.24, 2.45) is 0 Å². The lowest BCUT2D eigenvalue weighted by Crippen LogP contribution is -2.25. The fourth-order valence-corrected chi connectivity index (χ4v) is 5.70.